The Kier molecular flexibility index (Phi) is 6.28. The molecular weight excluding hydrogens is 242 g/mol. The van der Waals surface area contributed by atoms with Gasteiger partial charge < -0.3 is 4.90 Å². The lowest BCUT2D eigenvalue weighted by Gasteiger charge is -2.16. The highest BCUT2D eigenvalue weighted by molar-refractivity contribution is 7.09. The standard InChI is InChI=1S/C11H20ClN3S/c1-14(2)5-4-6-15(3)8-11-13-10(7-12)9-16-11/h9H,4-8H2,1-3H3. The molecule has 1 heterocycles. The molecule has 0 fully saturated rings. The third-order valence-corrected chi connectivity index (χ3v) is 3.44. The lowest BCUT2D eigenvalue weighted by Crippen LogP contribution is -2.23. The molecule has 3 nitrogen and oxygen atoms in total. The fraction of sp³-hybridized carbons (Fsp3) is 0.727. The van der Waals surface area contributed by atoms with Gasteiger partial charge in [-0.25, -0.2) is 4.98 Å². The first-order chi connectivity index (χ1) is 7.61. The Hall–Kier alpha value is -0.160. The Morgan fingerprint density at radius 2 is 2.06 bits per heavy atom. The van der Waals surface area contributed by atoms with Gasteiger partial charge in [-0.3, -0.25) is 4.90 Å². The molecule has 0 amide bonds. The van der Waals surface area contributed by atoms with Crippen LogP contribution in [-0.4, -0.2) is 49.0 Å². The van der Waals surface area contributed by atoms with Crippen molar-refractivity contribution < 1.29 is 0 Å². The maximum absolute atomic E-state index is 5.72. The number of rotatable bonds is 7. The van der Waals surface area contributed by atoms with Crippen LogP contribution in [0.25, 0.3) is 0 Å². The van der Waals surface area contributed by atoms with Crippen molar-refractivity contribution in [1.82, 2.24) is 14.8 Å². The summed E-state index contributed by atoms with van der Waals surface area (Å²) >= 11 is 7.41. The van der Waals surface area contributed by atoms with E-state index in [1.165, 1.54) is 6.42 Å². The van der Waals surface area contributed by atoms with E-state index in [2.05, 4.69) is 35.9 Å². The highest BCUT2D eigenvalue weighted by Crippen LogP contribution is 2.13. The van der Waals surface area contributed by atoms with Gasteiger partial charge in [0.05, 0.1) is 18.1 Å². The van der Waals surface area contributed by atoms with Gasteiger partial charge in [-0.2, -0.15) is 0 Å². The zero-order valence-electron chi connectivity index (χ0n) is 10.2. The predicted molar refractivity (Wildman–Crippen MR) is 71.2 cm³/mol. The zero-order chi connectivity index (χ0) is 12.0. The first-order valence-electron chi connectivity index (χ1n) is 5.44. The molecule has 0 saturated heterocycles. The average Bonchev–Trinajstić information content (AvgIpc) is 2.65. The molecule has 1 aromatic rings. The van der Waals surface area contributed by atoms with Crippen LogP contribution < -0.4 is 0 Å². The minimum absolute atomic E-state index is 0.515. The summed E-state index contributed by atoms with van der Waals surface area (Å²) in [6.45, 7) is 3.16. The lowest BCUT2D eigenvalue weighted by atomic mass is 10.4. The van der Waals surface area contributed by atoms with Crippen LogP contribution in [0.2, 0.25) is 0 Å². The average molecular weight is 262 g/mol. The molecule has 5 heteroatoms. The molecule has 0 aliphatic carbocycles. The number of alkyl halides is 1. The molecular formula is C11H20ClN3S. The number of halogens is 1. The summed E-state index contributed by atoms with van der Waals surface area (Å²) in [7, 11) is 6.35. The van der Waals surface area contributed by atoms with Crippen molar-refractivity contribution in [3.8, 4) is 0 Å². The number of hydrogen-bond acceptors (Lipinski definition) is 4. The molecule has 0 aliphatic heterocycles. The summed E-state index contributed by atoms with van der Waals surface area (Å²) in [6, 6.07) is 0. The van der Waals surface area contributed by atoms with Crippen molar-refractivity contribution in [3.63, 3.8) is 0 Å². The fourth-order valence-electron chi connectivity index (χ4n) is 1.45. The Balaban J connectivity index is 2.25. The van der Waals surface area contributed by atoms with Crippen molar-refractivity contribution in [2.45, 2.75) is 18.8 Å². The monoisotopic (exact) mass is 261 g/mol. The van der Waals surface area contributed by atoms with Gasteiger partial charge in [-0.05, 0) is 40.7 Å². The van der Waals surface area contributed by atoms with E-state index in [0.29, 0.717) is 5.88 Å². The summed E-state index contributed by atoms with van der Waals surface area (Å²) in [6.07, 6.45) is 1.19. The largest absolute Gasteiger partial charge is 0.309 e. The van der Waals surface area contributed by atoms with E-state index in [0.717, 1.165) is 30.3 Å². The SMILES string of the molecule is CN(C)CCCN(C)Cc1nc(CCl)cs1. The first-order valence-corrected chi connectivity index (χ1v) is 6.85. The number of hydrogen-bond donors (Lipinski definition) is 0. The van der Waals surface area contributed by atoms with Gasteiger partial charge in [-0.1, -0.05) is 0 Å². The van der Waals surface area contributed by atoms with E-state index < -0.39 is 0 Å². The van der Waals surface area contributed by atoms with Crippen LogP contribution in [0.3, 0.4) is 0 Å². The van der Waals surface area contributed by atoms with Crippen LogP contribution in [0, 0.1) is 0 Å². The van der Waals surface area contributed by atoms with E-state index in [1.54, 1.807) is 11.3 Å². The third-order valence-electron chi connectivity index (χ3n) is 2.29. The number of nitrogens with zero attached hydrogens (tertiary/aromatic N) is 3. The summed E-state index contributed by atoms with van der Waals surface area (Å²) in [5.41, 5.74) is 0.989. The molecule has 0 atom stereocenters. The first kappa shape index (κ1) is 13.9. The second-order valence-corrected chi connectivity index (χ2v) is 5.47. The Morgan fingerprint density at radius 1 is 1.31 bits per heavy atom. The minimum Gasteiger partial charge on any atom is -0.309 e. The van der Waals surface area contributed by atoms with E-state index in [9.17, 15) is 0 Å². The van der Waals surface area contributed by atoms with Crippen LogP contribution in [0.4, 0.5) is 0 Å². The molecule has 0 unspecified atom stereocenters. The molecule has 0 aliphatic rings. The quantitative estimate of drug-likeness (QED) is 0.702. The highest BCUT2D eigenvalue weighted by Gasteiger charge is 2.05. The van der Waals surface area contributed by atoms with Crippen LogP contribution >= 0.6 is 22.9 Å². The van der Waals surface area contributed by atoms with Crippen molar-refractivity contribution in [3.05, 3.63) is 16.1 Å². The molecule has 0 saturated carbocycles. The van der Waals surface area contributed by atoms with E-state index in [1.807, 2.05) is 5.38 Å². The van der Waals surface area contributed by atoms with Crippen molar-refractivity contribution in [2.75, 3.05) is 34.2 Å². The Labute approximate surface area is 107 Å². The summed E-state index contributed by atoms with van der Waals surface area (Å²) in [4.78, 5) is 8.96. The van der Waals surface area contributed by atoms with Gasteiger partial charge in [0.25, 0.3) is 0 Å². The molecule has 1 aromatic heterocycles. The number of thiazole rings is 1. The molecule has 16 heavy (non-hydrogen) atoms. The molecule has 1 rings (SSSR count). The second-order valence-electron chi connectivity index (χ2n) is 4.26. The van der Waals surface area contributed by atoms with Gasteiger partial charge in [-0.15, -0.1) is 22.9 Å². The summed E-state index contributed by atoms with van der Waals surface area (Å²) in [5, 5.41) is 3.19. The molecule has 0 bridgehead atoms. The molecule has 0 spiro atoms. The maximum Gasteiger partial charge on any atom is 0.107 e. The highest BCUT2D eigenvalue weighted by atomic mass is 35.5. The lowest BCUT2D eigenvalue weighted by molar-refractivity contribution is 0.294. The number of aromatic nitrogens is 1. The van der Waals surface area contributed by atoms with Crippen LogP contribution in [0.15, 0.2) is 5.38 Å². The van der Waals surface area contributed by atoms with Crippen molar-refractivity contribution >= 4 is 22.9 Å². The second kappa shape index (κ2) is 7.22. The van der Waals surface area contributed by atoms with Crippen LogP contribution in [-0.2, 0) is 12.4 Å². The molecule has 0 radical (unpaired) electrons. The molecule has 0 aromatic carbocycles. The smallest absolute Gasteiger partial charge is 0.107 e. The fourth-order valence-corrected chi connectivity index (χ4v) is 2.55. The Morgan fingerprint density at radius 3 is 2.62 bits per heavy atom. The maximum atomic E-state index is 5.72. The van der Waals surface area contributed by atoms with Crippen molar-refractivity contribution in [2.24, 2.45) is 0 Å². The topological polar surface area (TPSA) is 19.4 Å². The summed E-state index contributed by atoms with van der Waals surface area (Å²) in [5.74, 6) is 0.515. The van der Waals surface area contributed by atoms with Gasteiger partial charge >= 0.3 is 0 Å². The van der Waals surface area contributed by atoms with E-state index in [4.69, 9.17) is 11.6 Å². The predicted octanol–water partition coefficient (Wildman–Crippen LogP) is 2.27. The molecule has 92 valence electrons. The van der Waals surface area contributed by atoms with Crippen LogP contribution in [0.5, 0.6) is 0 Å². The Bertz CT molecular complexity index is 301. The van der Waals surface area contributed by atoms with Crippen molar-refractivity contribution in [1.29, 1.82) is 0 Å². The van der Waals surface area contributed by atoms with Gasteiger partial charge in [0.15, 0.2) is 0 Å². The third kappa shape index (κ3) is 5.25. The van der Waals surface area contributed by atoms with Crippen LogP contribution in [0.1, 0.15) is 17.1 Å². The van der Waals surface area contributed by atoms with Gasteiger partial charge in [0, 0.05) is 5.38 Å². The van der Waals surface area contributed by atoms with Gasteiger partial charge in [0.2, 0.25) is 0 Å². The van der Waals surface area contributed by atoms with E-state index in [-0.39, 0.29) is 0 Å². The zero-order valence-corrected chi connectivity index (χ0v) is 11.8. The summed E-state index contributed by atoms with van der Waals surface area (Å²) < 4.78 is 0. The normalized spacial score (nSPS) is 11.6. The van der Waals surface area contributed by atoms with Gasteiger partial charge in [0.1, 0.15) is 5.01 Å². The molecule has 0 N–H and O–H groups in total. The van der Waals surface area contributed by atoms with E-state index >= 15 is 0 Å². The minimum atomic E-state index is 0.515.